The number of hydrogen-bond acceptors (Lipinski definition) is 4. The standard InChI is InChI=1S/C22H29NO4S/c1-5-20(24)17(4)22(25)16(3)14-15(2)21(22)19-12-9-13-23(19)28(26,27)18-10-7-6-8-11-18/h6-13,15-17,21,25H,5,14H2,1-4H3/t15-,16?,17?,21-,22?/m0/s1. The number of Topliss-reactive ketones (excluding diaryl/α,β-unsaturated/α-hetero) is 1. The van der Waals surface area contributed by atoms with Crippen molar-refractivity contribution in [2.75, 3.05) is 0 Å². The van der Waals surface area contributed by atoms with Gasteiger partial charge in [0, 0.05) is 30.1 Å². The number of carbonyl (C=O) groups is 1. The molecule has 0 aliphatic heterocycles. The molecule has 5 nitrogen and oxygen atoms in total. The first-order valence-electron chi connectivity index (χ1n) is 9.88. The van der Waals surface area contributed by atoms with Crippen LogP contribution in [0.2, 0.25) is 0 Å². The van der Waals surface area contributed by atoms with Crippen LogP contribution in [0.15, 0.2) is 53.6 Å². The number of hydrogen-bond donors (Lipinski definition) is 1. The van der Waals surface area contributed by atoms with Gasteiger partial charge < -0.3 is 5.11 Å². The lowest BCUT2D eigenvalue weighted by Gasteiger charge is -2.39. The highest BCUT2D eigenvalue weighted by Crippen LogP contribution is 2.54. The van der Waals surface area contributed by atoms with Crippen LogP contribution >= 0.6 is 0 Å². The van der Waals surface area contributed by atoms with Gasteiger partial charge in [-0.05, 0) is 42.5 Å². The fourth-order valence-electron chi connectivity index (χ4n) is 4.98. The van der Waals surface area contributed by atoms with Gasteiger partial charge in [-0.15, -0.1) is 0 Å². The van der Waals surface area contributed by atoms with E-state index in [9.17, 15) is 18.3 Å². The monoisotopic (exact) mass is 403 g/mol. The number of nitrogens with zero attached hydrogens (tertiary/aromatic N) is 1. The molecule has 1 aromatic heterocycles. The summed E-state index contributed by atoms with van der Waals surface area (Å²) in [6, 6.07) is 11.7. The van der Waals surface area contributed by atoms with Gasteiger partial charge in [0.2, 0.25) is 0 Å². The Hall–Kier alpha value is -1.92. The van der Waals surface area contributed by atoms with Crippen molar-refractivity contribution in [3.8, 4) is 0 Å². The van der Waals surface area contributed by atoms with Gasteiger partial charge >= 0.3 is 0 Å². The van der Waals surface area contributed by atoms with Gasteiger partial charge in [-0.25, -0.2) is 12.4 Å². The van der Waals surface area contributed by atoms with Crippen LogP contribution in [0.4, 0.5) is 0 Å². The molecule has 0 amide bonds. The molecule has 3 unspecified atom stereocenters. The Labute approximate surface area is 167 Å². The van der Waals surface area contributed by atoms with Crippen LogP contribution < -0.4 is 0 Å². The quantitative estimate of drug-likeness (QED) is 0.795. The minimum Gasteiger partial charge on any atom is -0.388 e. The minimum atomic E-state index is -3.79. The number of ketones is 1. The molecule has 1 heterocycles. The van der Waals surface area contributed by atoms with Gasteiger partial charge in [-0.1, -0.05) is 45.9 Å². The van der Waals surface area contributed by atoms with Crippen molar-refractivity contribution in [1.82, 2.24) is 3.97 Å². The third-order valence-corrected chi connectivity index (χ3v) is 8.19. The third-order valence-electron chi connectivity index (χ3n) is 6.47. The predicted molar refractivity (Wildman–Crippen MR) is 109 cm³/mol. The Morgan fingerprint density at radius 2 is 1.86 bits per heavy atom. The van der Waals surface area contributed by atoms with Crippen molar-refractivity contribution >= 4 is 15.8 Å². The van der Waals surface area contributed by atoms with Gasteiger partial charge in [-0.2, -0.15) is 0 Å². The zero-order chi connectivity index (χ0) is 20.7. The van der Waals surface area contributed by atoms with Crippen LogP contribution in [-0.2, 0) is 14.8 Å². The predicted octanol–water partition coefficient (Wildman–Crippen LogP) is 3.83. The van der Waals surface area contributed by atoms with E-state index in [-0.39, 0.29) is 22.5 Å². The van der Waals surface area contributed by atoms with Gasteiger partial charge in [0.05, 0.1) is 10.5 Å². The molecule has 6 heteroatoms. The van der Waals surface area contributed by atoms with Crippen LogP contribution in [0.25, 0.3) is 0 Å². The van der Waals surface area contributed by atoms with Gasteiger partial charge in [-0.3, -0.25) is 4.79 Å². The summed E-state index contributed by atoms with van der Waals surface area (Å²) in [6.45, 7) is 7.54. The Morgan fingerprint density at radius 3 is 2.46 bits per heavy atom. The average molecular weight is 404 g/mol. The summed E-state index contributed by atoms with van der Waals surface area (Å²) in [4.78, 5) is 12.7. The molecule has 0 radical (unpaired) electrons. The topological polar surface area (TPSA) is 76.4 Å². The molecule has 152 valence electrons. The van der Waals surface area contributed by atoms with E-state index < -0.39 is 27.5 Å². The van der Waals surface area contributed by atoms with E-state index in [0.717, 1.165) is 6.42 Å². The van der Waals surface area contributed by atoms with E-state index in [4.69, 9.17) is 0 Å². The lowest BCUT2D eigenvalue weighted by Crippen LogP contribution is -2.48. The summed E-state index contributed by atoms with van der Waals surface area (Å²) in [6.07, 6.45) is 2.61. The second-order valence-electron chi connectivity index (χ2n) is 8.07. The van der Waals surface area contributed by atoms with E-state index in [2.05, 4.69) is 0 Å². The van der Waals surface area contributed by atoms with E-state index in [1.165, 1.54) is 10.2 Å². The number of aromatic nitrogens is 1. The zero-order valence-electron chi connectivity index (χ0n) is 16.9. The summed E-state index contributed by atoms with van der Waals surface area (Å²) in [7, 11) is -3.79. The zero-order valence-corrected chi connectivity index (χ0v) is 17.7. The normalized spacial score (nSPS) is 29.0. The summed E-state index contributed by atoms with van der Waals surface area (Å²) >= 11 is 0. The molecule has 3 rings (SSSR count). The first-order valence-corrected chi connectivity index (χ1v) is 11.3. The van der Waals surface area contributed by atoms with Gasteiger partial charge in [0.25, 0.3) is 10.0 Å². The minimum absolute atomic E-state index is 0.00234. The summed E-state index contributed by atoms with van der Waals surface area (Å²) in [5.74, 6) is -1.07. The molecule has 1 aliphatic carbocycles. The molecule has 1 aromatic carbocycles. The van der Waals surface area contributed by atoms with Crippen LogP contribution in [-0.4, -0.2) is 28.9 Å². The first-order chi connectivity index (χ1) is 13.2. The Kier molecular flexibility index (Phi) is 5.56. The SMILES string of the molecule is CCC(=O)C(C)C1(O)C(C)C[C@H](C)[C@H]1c1cccn1S(=O)(=O)c1ccccc1. The number of benzene rings is 1. The molecule has 1 fully saturated rings. The molecule has 28 heavy (non-hydrogen) atoms. The fraction of sp³-hybridized carbons (Fsp3) is 0.500. The molecule has 1 saturated carbocycles. The molecule has 0 saturated heterocycles. The first kappa shape index (κ1) is 20.8. The second kappa shape index (κ2) is 7.48. The van der Waals surface area contributed by atoms with Crippen LogP contribution in [0.3, 0.4) is 0 Å². The molecular formula is C22H29NO4S. The molecule has 0 bridgehead atoms. The Balaban J connectivity index is 2.14. The summed E-state index contributed by atoms with van der Waals surface area (Å²) in [5.41, 5.74) is -0.742. The van der Waals surface area contributed by atoms with Crippen molar-refractivity contribution in [2.45, 2.75) is 57.0 Å². The smallest absolute Gasteiger partial charge is 0.267 e. The summed E-state index contributed by atoms with van der Waals surface area (Å²) < 4.78 is 27.8. The maximum atomic E-state index is 13.2. The van der Waals surface area contributed by atoms with E-state index in [1.54, 1.807) is 56.3 Å². The number of aliphatic hydroxyl groups is 1. The lowest BCUT2D eigenvalue weighted by atomic mass is 9.71. The van der Waals surface area contributed by atoms with Crippen LogP contribution in [0.5, 0.6) is 0 Å². The van der Waals surface area contributed by atoms with Crippen molar-refractivity contribution in [3.05, 3.63) is 54.4 Å². The second-order valence-corrected chi connectivity index (χ2v) is 9.88. The van der Waals surface area contributed by atoms with Crippen molar-refractivity contribution < 1.29 is 18.3 Å². The third kappa shape index (κ3) is 3.12. The highest BCUT2D eigenvalue weighted by molar-refractivity contribution is 7.90. The molecule has 5 atom stereocenters. The average Bonchev–Trinajstić information content (AvgIpc) is 3.24. The Morgan fingerprint density at radius 1 is 1.21 bits per heavy atom. The lowest BCUT2D eigenvalue weighted by molar-refractivity contribution is -0.135. The number of carbonyl (C=O) groups excluding carboxylic acids is 1. The van der Waals surface area contributed by atoms with Gasteiger partial charge in [0.1, 0.15) is 5.78 Å². The van der Waals surface area contributed by atoms with Crippen molar-refractivity contribution in [1.29, 1.82) is 0 Å². The number of rotatable bonds is 6. The van der Waals surface area contributed by atoms with E-state index in [0.29, 0.717) is 12.1 Å². The largest absolute Gasteiger partial charge is 0.388 e. The maximum Gasteiger partial charge on any atom is 0.267 e. The van der Waals surface area contributed by atoms with Crippen molar-refractivity contribution in [2.24, 2.45) is 17.8 Å². The molecule has 0 spiro atoms. The molecule has 2 aromatic rings. The van der Waals surface area contributed by atoms with E-state index >= 15 is 0 Å². The Bertz CT molecular complexity index is 950. The van der Waals surface area contributed by atoms with Gasteiger partial charge in [0.15, 0.2) is 0 Å². The fourth-order valence-corrected chi connectivity index (χ4v) is 6.39. The molecule has 1 N–H and O–H groups in total. The molecular weight excluding hydrogens is 374 g/mol. The van der Waals surface area contributed by atoms with E-state index in [1.807, 2.05) is 13.8 Å². The highest BCUT2D eigenvalue weighted by atomic mass is 32.2. The van der Waals surface area contributed by atoms with Crippen LogP contribution in [0, 0.1) is 17.8 Å². The highest BCUT2D eigenvalue weighted by Gasteiger charge is 2.56. The van der Waals surface area contributed by atoms with Crippen LogP contribution in [0.1, 0.15) is 52.1 Å². The van der Waals surface area contributed by atoms with Crippen molar-refractivity contribution in [3.63, 3.8) is 0 Å². The summed E-state index contributed by atoms with van der Waals surface area (Å²) in [5, 5.41) is 11.8. The maximum absolute atomic E-state index is 13.2. The molecule has 1 aliphatic rings.